The molecule has 0 aliphatic heterocycles. The van der Waals surface area contributed by atoms with E-state index in [0.717, 1.165) is 6.42 Å². The molecule has 0 fully saturated rings. The molecule has 1 atom stereocenters. The van der Waals surface area contributed by atoms with Crippen LogP contribution in [0.15, 0.2) is 77.6 Å². The number of amides is 1. The summed E-state index contributed by atoms with van der Waals surface area (Å²) >= 11 is 0. The van der Waals surface area contributed by atoms with E-state index in [4.69, 9.17) is 9.72 Å². The number of nitro groups is 1. The Morgan fingerprint density at radius 3 is 2.31 bits per heavy atom. The first-order valence-corrected chi connectivity index (χ1v) is 13.0. The van der Waals surface area contributed by atoms with Crippen LogP contribution in [0.25, 0.3) is 16.6 Å². The number of fused-ring (bicyclic) bond motifs is 1. The quantitative estimate of drug-likeness (QED) is 0.186. The summed E-state index contributed by atoms with van der Waals surface area (Å²) in [5.74, 6) is 1.13. The van der Waals surface area contributed by atoms with Gasteiger partial charge < -0.3 is 9.64 Å². The molecule has 1 unspecified atom stereocenters. The van der Waals surface area contributed by atoms with E-state index in [1.54, 1.807) is 51.9 Å². The monoisotopic (exact) mass is 528 g/mol. The molecular formula is C30H32N4O5. The molecule has 4 aromatic rings. The lowest BCUT2D eigenvalue weighted by Crippen LogP contribution is -2.38. The van der Waals surface area contributed by atoms with Crippen molar-refractivity contribution in [2.45, 2.75) is 40.2 Å². The average Bonchev–Trinajstić information content (AvgIpc) is 2.93. The molecule has 1 heterocycles. The van der Waals surface area contributed by atoms with E-state index < -0.39 is 11.0 Å². The van der Waals surface area contributed by atoms with Crippen molar-refractivity contribution < 1.29 is 14.5 Å². The number of hydrogen-bond donors (Lipinski definition) is 0. The van der Waals surface area contributed by atoms with Crippen molar-refractivity contribution in [2.75, 3.05) is 13.2 Å². The van der Waals surface area contributed by atoms with Crippen molar-refractivity contribution >= 4 is 22.5 Å². The van der Waals surface area contributed by atoms with E-state index in [0.29, 0.717) is 52.8 Å². The maximum absolute atomic E-state index is 13.8. The summed E-state index contributed by atoms with van der Waals surface area (Å²) in [7, 11) is 0. The van der Waals surface area contributed by atoms with Crippen LogP contribution in [0.5, 0.6) is 5.75 Å². The highest BCUT2D eigenvalue weighted by Crippen LogP contribution is 2.27. The molecule has 0 N–H and O–H groups in total. The molecular weight excluding hydrogens is 496 g/mol. The molecule has 3 aromatic carbocycles. The molecule has 1 amide bonds. The van der Waals surface area contributed by atoms with Crippen LogP contribution in [-0.4, -0.2) is 38.4 Å². The molecule has 0 aliphatic carbocycles. The van der Waals surface area contributed by atoms with E-state index in [9.17, 15) is 19.7 Å². The average molecular weight is 529 g/mol. The van der Waals surface area contributed by atoms with Gasteiger partial charge in [0.2, 0.25) is 0 Å². The van der Waals surface area contributed by atoms with Crippen molar-refractivity contribution in [3.8, 4) is 11.4 Å². The van der Waals surface area contributed by atoms with Gasteiger partial charge in [-0.05, 0) is 74.7 Å². The maximum atomic E-state index is 13.8. The van der Waals surface area contributed by atoms with Crippen molar-refractivity contribution in [3.63, 3.8) is 0 Å². The fourth-order valence-corrected chi connectivity index (χ4v) is 4.44. The Kier molecular flexibility index (Phi) is 8.39. The van der Waals surface area contributed by atoms with Gasteiger partial charge in [0.15, 0.2) is 0 Å². The number of hydrogen-bond acceptors (Lipinski definition) is 6. The molecule has 0 radical (unpaired) electrons. The molecule has 202 valence electrons. The van der Waals surface area contributed by atoms with Crippen LogP contribution < -0.4 is 10.3 Å². The number of nitro benzene ring substituents is 1. The number of ether oxygens (including phenoxy) is 1. The molecule has 0 saturated carbocycles. The van der Waals surface area contributed by atoms with Crippen LogP contribution in [0.2, 0.25) is 0 Å². The van der Waals surface area contributed by atoms with E-state index in [1.165, 1.54) is 24.3 Å². The zero-order chi connectivity index (χ0) is 28.1. The zero-order valence-electron chi connectivity index (χ0n) is 22.5. The van der Waals surface area contributed by atoms with Crippen molar-refractivity contribution in [1.82, 2.24) is 14.5 Å². The smallest absolute Gasteiger partial charge is 0.269 e. The Morgan fingerprint density at radius 1 is 1.03 bits per heavy atom. The first-order valence-electron chi connectivity index (χ1n) is 13.0. The number of carbonyl (C=O) groups is 1. The third kappa shape index (κ3) is 5.98. The predicted octanol–water partition coefficient (Wildman–Crippen LogP) is 5.94. The standard InChI is InChI=1S/C30H32N4O5/c1-5-39-25-16-14-23(15-17-25)33-28(31-27-9-7-6-8-26(27)30(33)36)21(4)32(19-18-20(2)3)29(35)22-10-12-24(13-11-22)34(37)38/h6-17,20-21H,5,18-19H2,1-4H3. The SMILES string of the molecule is CCOc1ccc(-n2c(C(C)N(CCC(C)C)C(=O)c3ccc([N+](=O)[O-])cc3)nc3ccccc3c2=O)cc1. The first-order chi connectivity index (χ1) is 18.7. The van der Waals surface area contributed by atoms with Gasteiger partial charge in [0.25, 0.3) is 17.2 Å². The summed E-state index contributed by atoms with van der Waals surface area (Å²) in [6.07, 6.45) is 0.726. The minimum absolute atomic E-state index is 0.0890. The summed E-state index contributed by atoms with van der Waals surface area (Å²) in [5.41, 5.74) is 1.15. The van der Waals surface area contributed by atoms with Gasteiger partial charge in [0.1, 0.15) is 11.6 Å². The molecule has 0 spiro atoms. The number of nitrogens with zero attached hydrogens (tertiary/aromatic N) is 4. The second kappa shape index (κ2) is 11.9. The largest absolute Gasteiger partial charge is 0.494 e. The van der Waals surface area contributed by atoms with Gasteiger partial charge in [-0.15, -0.1) is 0 Å². The molecule has 0 aliphatic rings. The third-order valence-corrected chi connectivity index (χ3v) is 6.58. The predicted molar refractivity (Wildman–Crippen MR) is 151 cm³/mol. The fourth-order valence-electron chi connectivity index (χ4n) is 4.44. The van der Waals surface area contributed by atoms with E-state index in [2.05, 4.69) is 13.8 Å². The van der Waals surface area contributed by atoms with Crippen LogP contribution in [0.4, 0.5) is 5.69 Å². The van der Waals surface area contributed by atoms with Gasteiger partial charge in [-0.2, -0.15) is 0 Å². The Labute approximate surface area is 226 Å². The summed E-state index contributed by atoms with van der Waals surface area (Å²) in [5, 5.41) is 11.6. The summed E-state index contributed by atoms with van der Waals surface area (Å²) in [6, 6.07) is 19.3. The minimum atomic E-state index is -0.588. The number of aromatic nitrogens is 2. The maximum Gasteiger partial charge on any atom is 0.269 e. The van der Waals surface area contributed by atoms with Crippen LogP contribution in [0, 0.1) is 16.0 Å². The van der Waals surface area contributed by atoms with Gasteiger partial charge in [0.05, 0.1) is 34.2 Å². The van der Waals surface area contributed by atoms with Crippen LogP contribution in [0.3, 0.4) is 0 Å². The second-order valence-corrected chi connectivity index (χ2v) is 9.72. The lowest BCUT2D eigenvalue weighted by atomic mass is 10.1. The van der Waals surface area contributed by atoms with Gasteiger partial charge in [-0.1, -0.05) is 26.0 Å². The van der Waals surface area contributed by atoms with Crippen molar-refractivity contribution in [2.24, 2.45) is 5.92 Å². The Bertz CT molecular complexity index is 1530. The summed E-state index contributed by atoms with van der Waals surface area (Å²) in [4.78, 5) is 44.8. The van der Waals surface area contributed by atoms with Gasteiger partial charge in [-0.25, -0.2) is 4.98 Å². The van der Waals surface area contributed by atoms with Crippen LogP contribution in [0.1, 0.15) is 56.3 Å². The highest BCUT2D eigenvalue weighted by Gasteiger charge is 2.28. The number of carbonyl (C=O) groups excluding carboxylic acids is 1. The third-order valence-electron chi connectivity index (χ3n) is 6.58. The lowest BCUT2D eigenvalue weighted by molar-refractivity contribution is -0.384. The van der Waals surface area contributed by atoms with Crippen molar-refractivity contribution in [3.05, 3.63) is 105 Å². The summed E-state index contributed by atoms with van der Waals surface area (Å²) < 4.78 is 7.12. The fraction of sp³-hybridized carbons (Fsp3) is 0.300. The number of para-hydroxylation sites is 1. The number of non-ortho nitro benzene ring substituents is 1. The summed E-state index contributed by atoms with van der Waals surface area (Å²) in [6.45, 7) is 8.84. The lowest BCUT2D eigenvalue weighted by Gasteiger charge is -2.31. The molecule has 9 nitrogen and oxygen atoms in total. The molecule has 1 aromatic heterocycles. The Hall–Kier alpha value is -4.53. The minimum Gasteiger partial charge on any atom is -0.494 e. The Morgan fingerprint density at radius 2 is 1.69 bits per heavy atom. The number of benzene rings is 3. The van der Waals surface area contributed by atoms with Gasteiger partial charge >= 0.3 is 0 Å². The molecule has 39 heavy (non-hydrogen) atoms. The van der Waals surface area contributed by atoms with Gasteiger partial charge in [-0.3, -0.25) is 24.3 Å². The number of rotatable bonds is 10. The van der Waals surface area contributed by atoms with Crippen LogP contribution in [-0.2, 0) is 0 Å². The highest BCUT2D eigenvalue weighted by atomic mass is 16.6. The first kappa shape index (κ1) is 27.5. The molecule has 0 bridgehead atoms. The zero-order valence-corrected chi connectivity index (χ0v) is 22.5. The molecule has 4 rings (SSSR count). The van der Waals surface area contributed by atoms with E-state index >= 15 is 0 Å². The van der Waals surface area contributed by atoms with Crippen LogP contribution >= 0.6 is 0 Å². The van der Waals surface area contributed by atoms with E-state index in [1.807, 2.05) is 19.9 Å². The molecule has 0 saturated heterocycles. The molecule has 9 heteroatoms. The van der Waals surface area contributed by atoms with Crippen molar-refractivity contribution in [1.29, 1.82) is 0 Å². The topological polar surface area (TPSA) is 108 Å². The second-order valence-electron chi connectivity index (χ2n) is 9.72. The van der Waals surface area contributed by atoms with Gasteiger partial charge in [0, 0.05) is 24.2 Å². The highest BCUT2D eigenvalue weighted by molar-refractivity contribution is 5.94. The Balaban J connectivity index is 1.85. The normalized spacial score (nSPS) is 11.9. The van der Waals surface area contributed by atoms with E-state index in [-0.39, 0.29) is 17.2 Å².